The van der Waals surface area contributed by atoms with Gasteiger partial charge in [0.1, 0.15) is 5.25 Å². The van der Waals surface area contributed by atoms with Gasteiger partial charge in [-0.05, 0) is 49.9 Å². The Kier molecular flexibility index (Phi) is 4.02. The maximum absolute atomic E-state index is 12.4. The van der Waals surface area contributed by atoms with Crippen LogP contribution < -0.4 is 0 Å². The SMILES string of the molecule is Cc1cc(Cl)c(C(=O)C2CCCCS2(=O)=O)cc1C. The Bertz CT molecular complexity index is 620. The number of hydrogen-bond donors (Lipinski definition) is 0. The van der Waals surface area contributed by atoms with E-state index in [-0.39, 0.29) is 11.5 Å². The van der Waals surface area contributed by atoms with E-state index in [1.807, 2.05) is 13.8 Å². The zero-order valence-corrected chi connectivity index (χ0v) is 12.6. The van der Waals surface area contributed by atoms with Crippen LogP contribution in [0.3, 0.4) is 0 Å². The first-order valence-corrected chi connectivity index (χ1v) is 8.45. The van der Waals surface area contributed by atoms with Crippen molar-refractivity contribution in [3.05, 3.63) is 33.8 Å². The van der Waals surface area contributed by atoms with Gasteiger partial charge in [-0.1, -0.05) is 18.0 Å². The molecule has 1 unspecified atom stereocenters. The normalized spacial score (nSPS) is 22.2. The summed E-state index contributed by atoms with van der Waals surface area (Å²) < 4.78 is 24.0. The van der Waals surface area contributed by atoms with Gasteiger partial charge in [-0.2, -0.15) is 0 Å². The predicted molar refractivity (Wildman–Crippen MR) is 76.7 cm³/mol. The number of aryl methyl sites for hydroxylation is 2. The van der Waals surface area contributed by atoms with Gasteiger partial charge >= 0.3 is 0 Å². The lowest BCUT2D eigenvalue weighted by Gasteiger charge is -2.21. The second kappa shape index (κ2) is 5.25. The minimum atomic E-state index is -3.32. The molecule has 0 aromatic heterocycles. The number of halogens is 1. The van der Waals surface area contributed by atoms with Gasteiger partial charge in [-0.15, -0.1) is 0 Å². The summed E-state index contributed by atoms with van der Waals surface area (Å²) in [6.45, 7) is 3.80. The van der Waals surface area contributed by atoms with Gasteiger partial charge in [0, 0.05) is 5.56 Å². The standard InChI is InChI=1S/C14H17ClO3S/c1-9-7-11(12(15)8-10(9)2)14(16)13-5-3-4-6-19(13,17)18/h7-8,13H,3-6H2,1-2H3. The Morgan fingerprint density at radius 3 is 2.47 bits per heavy atom. The smallest absolute Gasteiger partial charge is 0.182 e. The zero-order valence-electron chi connectivity index (χ0n) is 11.1. The van der Waals surface area contributed by atoms with E-state index in [2.05, 4.69) is 0 Å². The fourth-order valence-corrected chi connectivity index (χ4v) is 4.57. The first-order valence-electron chi connectivity index (χ1n) is 6.35. The third-order valence-corrected chi connectivity index (χ3v) is 6.21. The number of rotatable bonds is 2. The van der Waals surface area contributed by atoms with Crippen LogP contribution in [0.25, 0.3) is 0 Å². The van der Waals surface area contributed by atoms with E-state index in [1.54, 1.807) is 12.1 Å². The molecule has 3 nitrogen and oxygen atoms in total. The second-order valence-corrected chi connectivity index (χ2v) is 7.84. The van der Waals surface area contributed by atoms with Gasteiger partial charge in [0.2, 0.25) is 0 Å². The van der Waals surface area contributed by atoms with Crippen molar-refractivity contribution in [3.63, 3.8) is 0 Å². The first kappa shape index (κ1) is 14.5. The molecule has 19 heavy (non-hydrogen) atoms. The topological polar surface area (TPSA) is 51.2 Å². The van der Waals surface area contributed by atoms with Crippen LogP contribution in [-0.4, -0.2) is 25.2 Å². The number of Topliss-reactive ketones (excluding diaryl/α,β-unsaturated/α-hetero) is 1. The molecular formula is C14H17ClO3S. The minimum absolute atomic E-state index is 0.103. The number of benzene rings is 1. The summed E-state index contributed by atoms with van der Waals surface area (Å²) in [5, 5.41) is -0.574. The van der Waals surface area contributed by atoms with Crippen LogP contribution in [-0.2, 0) is 9.84 Å². The van der Waals surface area contributed by atoms with Gasteiger partial charge in [0.05, 0.1) is 10.8 Å². The number of carbonyl (C=O) groups excluding carboxylic acids is 1. The molecule has 1 saturated heterocycles. The van der Waals surface area contributed by atoms with Gasteiger partial charge in [0.15, 0.2) is 15.6 Å². The highest BCUT2D eigenvalue weighted by Gasteiger charge is 2.36. The van der Waals surface area contributed by atoms with Crippen LogP contribution in [0.15, 0.2) is 12.1 Å². The van der Waals surface area contributed by atoms with Crippen LogP contribution in [0.4, 0.5) is 0 Å². The van der Waals surface area contributed by atoms with Crippen LogP contribution in [0.2, 0.25) is 5.02 Å². The van der Waals surface area contributed by atoms with Crippen molar-refractivity contribution >= 4 is 27.2 Å². The van der Waals surface area contributed by atoms with Crippen LogP contribution in [0.5, 0.6) is 0 Å². The lowest BCUT2D eigenvalue weighted by molar-refractivity contribution is 0.0981. The number of carbonyl (C=O) groups is 1. The molecule has 1 aromatic rings. The number of hydrogen-bond acceptors (Lipinski definition) is 3. The van der Waals surface area contributed by atoms with Gasteiger partial charge in [-0.3, -0.25) is 4.79 Å². The van der Waals surface area contributed by atoms with E-state index >= 15 is 0 Å². The van der Waals surface area contributed by atoms with E-state index in [9.17, 15) is 13.2 Å². The lowest BCUT2D eigenvalue weighted by atomic mass is 9.99. The van der Waals surface area contributed by atoms with E-state index in [0.29, 0.717) is 23.4 Å². The Morgan fingerprint density at radius 2 is 1.84 bits per heavy atom. The highest BCUT2D eigenvalue weighted by Crippen LogP contribution is 2.28. The molecule has 5 heteroatoms. The summed E-state index contributed by atoms with van der Waals surface area (Å²) in [6.07, 6.45) is 1.83. The maximum Gasteiger partial charge on any atom is 0.182 e. The van der Waals surface area contributed by atoms with Crippen molar-refractivity contribution in [3.8, 4) is 0 Å². The molecule has 0 aliphatic carbocycles. The highest BCUT2D eigenvalue weighted by molar-refractivity contribution is 7.92. The third-order valence-electron chi connectivity index (χ3n) is 3.72. The average Bonchev–Trinajstić information content (AvgIpc) is 2.32. The molecule has 0 N–H and O–H groups in total. The molecule has 2 rings (SSSR count). The summed E-state index contributed by atoms with van der Waals surface area (Å²) in [4.78, 5) is 12.4. The summed E-state index contributed by atoms with van der Waals surface area (Å²) in [5.41, 5.74) is 2.27. The molecule has 0 radical (unpaired) electrons. The molecule has 104 valence electrons. The lowest BCUT2D eigenvalue weighted by Crippen LogP contribution is -2.35. The second-order valence-electron chi connectivity index (χ2n) is 5.13. The molecule has 1 fully saturated rings. The third kappa shape index (κ3) is 2.84. The fourth-order valence-electron chi connectivity index (χ4n) is 2.39. The average molecular weight is 301 g/mol. The van der Waals surface area contributed by atoms with E-state index in [4.69, 9.17) is 11.6 Å². The Morgan fingerprint density at radius 1 is 1.21 bits per heavy atom. The fraction of sp³-hybridized carbons (Fsp3) is 0.500. The van der Waals surface area contributed by atoms with E-state index < -0.39 is 15.1 Å². The van der Waals surface area contributed by atoms with Gasteiger partial charge in [0.25, 0.3) is 0 Å². The van der Waals surface area contributed by atoms with Crippen molar-refractivity contribution < 1.29 is 13.2 Å². The molecule has 1 atom stereocenters. The molecule has 0 amide bonds. The van der Waals surface area contributed by atoms with Crippen LogP contribution >= 0.6 is 11.6 Å². The molecule has 0 saturated carbocycles. The monoisotopic (exact) mass is 300 g/mol. The van der Waals surface area contributed by atoms with Crippen LogP contribution in [0, 0.1) is 13.8 Å². The molecule has 0 bridgehead atoms. The minimum Gasteiger partial charge on any atom is -0.293 e. The van der Waals surface area contributed by atoms with Crippen molar-refractivity contribution in [2.45, 2.75) is 38.4 Å². The largest absolute Gasteiger partial charge is 0.293 e. The summed E-state index contributed by atoms with van der Waals surface area (Å²) in [7, 11) is -3.32. The Balaban J connectivity index is 2.42. The number of ketones is 1. The first-order chi connectivity index (χ1) is 8.83. The summed E-state index contributed by atoms with van der Waals surface area (Å²) in [6, 6.07) is 3.42. The Labute approximate surface area is 118 Å². The predicted octanol–water partition coefficient (Wildman–Crippen LogP) is 3.11. The maximum atomic E-state index is 12.4. The van der Waals surface area contributed by atoms with Gasteiger partial charge < -0.3 is 0 Å². The molecular weight excluding hydrogens is 284 g/mol. The zero-order chi connectivity index (χ0) is 14.2. The molecule has 0 spiro atoms. The van der Waals surface area contributed by atoms with Crippen molar-refractivity contribution in [2.24, 2.45) is 0 Å². The van der Waals surface area contributed by atoms with Crippen molar-refractivity contribution in [1.29, 1.82) is 0 Å². The summed E-state index contributed by atoms with van der Waals surface area (Å²) in [5.74, 6) is -0.251. The molecule has 1 aliphatic heterocycles. The highest BCUT2D eigenvalue weighted by atomic mass is 35.5. The van der Waals surface area contributed by atoms with Crippen LogP contribution in [0.1, 0.15) is 40.7 Å². The number of sulfone groups is 1. The Hall–Kier alpha value is -0.870. The van der Waals surface area contributed by atoms with Crippen molar-refractivity contribution in [2.75, 3.05) is 5.75 Å². The quantitative estimate of drug-likeness (QED) is 0.789. The molecule has 1 aromatic carbocycles. The van der Waals surface area contributed by atoms with Gasteiger partial charge in [-0.25, -0.2) is 8.42 Å². The molecule has 1 aliphatic rings. The van der Waals surface area contributed by atoms with E-state index in [1.165, 1.54) is 0 Å². The van der Waals surface area contributed by atoms with E-state index in [0.717, 1.165) is 17.5 Å². The van der Waals surface area contributed by atoms with Crippen molar-refractivity contribution in [1.82, 2.24) is 0 Å². The summed E-state index contributed by atoms with van der Waals surface area (Å²) >= 11 is 6.09. The molecule has 1 heterocycles.